The zero-order valence-corrected chi connectivity index (χ0v) is 12.0. The number of benzene rings is 1. The van der Waals surface area contributed by atoms with Crippen LogP contribution in [-0.4, -0.2) is 24.4 Å². The molecule has 1 aromatic carbocycles. The van der Waals surface area contributed by atoms with E-state index in [0.29, 0.717) is 13.1 Å². The van der Waals surface area contributed by atoms with Crippen molar-refractivity contribution >= 4 is 15.9 Å². The van der Waals surface area contributed by atoms with Gasteiger partial charge in [-0.25, -0.2) is 0 Å². The minimum atomic E-state index is -0.550. The van der Waals surface area contributed by atoms with Crippen molar-refractivity contribution in [2.24, 2.45) is 0 Å². The van der Waals surface area contributed by atoms with Crippen molar-refractivity contribution in [3.05, 3.63) is 52.9 Å². The fourth-order valence-electron chi connectivity index (χ4n) is 1.58. The normalized spacial score (nSPS) is 12.3. The number of furan rings is 1. The van der Waals surface area contributed by atoms with Crippen LogP contribution in [0.1, 0.15) is 5.56 Å². The number of aliphatic hydroxyl groups is 1. The van der Waals surface area contributed by atoms with Crippen LogP contribution in [0.15, 0.2) is 51.7 Å². The average molecular weight is 326 g/mol. The van der Waals surface area contributed by atoms with Gasteiger partial charge in [-0.2, -0.15) is 0 Å². The molecule has 2 rings (SSSR count). The number of hydrogen-bond acceptors (Lipinski definition) is 4. The van der Waals surface area contributed by atoms with Crippen molar-refractivity contribution in [2.75, 3.05) is 13.2 Å². The van der Waals surface area contributed by atoms with Crippen molar-refractivity contribution in [3.8, 4) is 5.75 Å². The Morgan fingerprint density at radius 2 is 2.26 bits per heavy atom. The summed E-state index contributed by atoms with van der Waals surface area (Å²) in [6, 6.07) is 9.43. The molecule has 1 unspecified atom stereocenters. The standard InChI is InChI=1S/C14H16BrNO3/c15-12-2-1-3-14(6-12)19-10-13(17)8-16-7-11-4-5-18-9-11/h1-6,9,13,16-17H,7-8,10H2. The maximum Gasteiger partial charge on any atom is 0.120 e. The Morgan fingerprint density at radius 3 is 3.00 bits per heavy atom. The van der Waals surface area contributed by atoms with Crippen LogP contribution in [0, 0.1) is 0 Å². The second kappa shape index (κ2) is 7.33. The lowest BCUT2D eigenvalue weighted by Gasteiger charge is -2.13. The van der Waals surface area contributed by atoms with Crippen LogP contribution in [0.4, 0.5) is 0 Å². The van der Waals surface area contributed by atoms with Crippen LogP contribution in [0.3, 0.4) is 0 Å². The minimum Gasteiger partial charge on any atom is -0.491 e. The molecule has 0 radical (unpaired) electrons. The van der Waals surface area contributed by atoms with Gasteiger partial charge in [0.05, 0.1) is 12.5 Å². The summed E-state index contributed by atoms with van der Waals surface area (Å²) in [7, 11) is 0. The predicted molar refractivity (Wildman–Crippen MR) is 76.1 cm³/mol. The van der Waals surface area contributed by atoms with Gasteiger partial charge in [0.2, 0.25) is 0 Å². The average Bonchev–Trinajstić information content (AvgIpc) is 2.90. The lowest BCUT2D eigenvalue weighted by atomic mass is 10.3. The minimum absolute atomic E-state index is 0.259. The summed E-state index contributed by atoms with van der Waals surface area (Å²) in [6.45, 7) is 1.40. The van der Waals surface area contributed by atoms with E-state index in [1.807, 2.05) is 30.3 Å². The van der Waals surface area contributed by atoms with Gasteiger partial charge in [0, 0.05) is 23.1 Å². The monoisotopic (exact) mass is 325 g/mol. The van der Waals surface area contributed by atoms with E-state index in [4.69, 9.17) is 9.15 Å². The highest BCUT2D eigenvalue weighted by Crippen LogP contribution is 2.17. The van der Waals surface area contributed by atoms with Crippen LogP contribution >= 0.6 is 15.9 Å². The smallest absolute Gasteiger partial charge is 0.120 e. The molecule has 1 heterocycles. The molecule has 0 aliphatic rings. The van der Waals surface area contributed by atoms with Crippen molar-refractivity contribution in [1.29, 1.82) is 0 Å². The SMILES string of the molecule is OC(CNCc1ccoc1)COc1cccc(Br)c1. The molecule has 1 atom stereocenters. The highest BCUT2D eigenvalue weighted by molar-refractivity contribution is 9.10. The van der Waals surface area contributed by atoms with Gasteiger partial charge in [0.25, 0.3) is 0 Å². The molecule has 4 nitrogen and oxygen atoms in total. The third kappa shape index (κ3) is 5.06. The number of halogens is 1. The van der Waals surface area contributed by atoms with E-state index in [1.54, 1.807) is 12.5 Å². The molecule has 0 aliphatic carbocycles. The number of ether oxygens (including phenoxy) is 1. The molecule has 2 N–H and O–H groups in total. The van der Waals surface area contributed by atoms with Crippen molar-refractivity contribution in [1.82, 2.24) is 5.32 Å². The van der Waals surface area contributed by atoms with E-state index in [0.717, 1.165) is 15.8 Å². The van der Waals surface area contributed by atoms with Gasteiger partial charge in [-0.3, -0.25) is 0 Å². The fraction of sp³-hybridized carbons (Fsp3) is 0.286. The second-order valence-electron chi connectivity index (χ2n) is 4.18. The molecule has 1 aromatic heterocycles. The molecule has 0 amide bonds. The summed E-state index contributed by atoms with van der Waals surface area (Å²) in [4.78, 5) is 0. The first kappa shape index (κ1) is 14.1. The third-order valence-corrected chi connectivity index (χ3v) is 3.02. The molecule has 2 aromatic rings. The Balaban J connectivity index is 1.65. The maximum absolute atomic E-state index is 9.79. The summed E-state index contributed by atoms with van der Waals surface area (Å²) < 4.78 is 11.4. The van der Waals surface area contributed by atoms with E-state index < -0.39 is 6.10 Å². The highest BCUT2D eigenvalue weighted by Gasteiger charge is 2.05. The maximum atomic E-state index is 9.79. The predicted octanol–water partition coefficient (Wildman–Crippen LogP) is 2.57. The first-order valence-corrected chi connectivity index (χ1v) is 6.81. The van der Waals surface area contributed by atoms with Crippen LogP contribution in [-0.2, 0) is 6.54 Å². The van der Waals surface area contributed by atoms with E-state index in [2.05, 4.69) is 21.2 Å². The summed E-state index contributed by atoms with van der Waals surface area (Å²) in [5.74, 6) is 0.739. The Hall–Kier alpha value is -1.30. The lowest BCUT2D eigenvalue weighted by molar-refractivity contribution is 0.106. The van der Waals surface area contributed by atoms with Gasteiger partial charge in [-0.1, -0.05) is 22.0 Å². The molecular formula is C14H16BrNO3. The largest absolute Gasteiger partial charge is 0.491 e. The molecule has 0 fully saturated rings. The Morgan fingerprint density at radius 1 is 1.37 bits per heavy atom. The number of nitrogens with one attached hydrogen (secondary N) is 1. The van der Waals surface area contributed by atoms with E-state index in [-0.39, 0.29) is 6.61 Å². The Kier molecular flexibility index (Phi) is 5.44. The van der Waals surface area contributed by atoms with Gasteiger partial charge in [0.15, 0.2) is 0 Å². The molecule has 0 spiro atoms. The molecule has 0 saturated carbocycles. The van der Waals surface area contributed by atoms with Gasteiger partial charge >= 0.3 is 0 Å². The molecule has 102 valence electrons. The highest BCUT2D eigenvalue weighted by atomic mass is 79.9. The molecule has 0 aliphatic heterocycles. The van der Waals surface area contributed by atoms with E-state index in [9.17, 15) is 5.11 Å². The van der Waals surface area contributed by atoms with E-state index in [1.165, 1.54) is 0 Å². The van der Waals surface area contributed by atoms with Gasteiger partial charge < -0.3 is 19.6 Å². The number of rotatable bonds is 7. The Labute approximate surface area is 120 Å². The summed E-state index contributed by atoms with van der Waals surface area (Å²) in [5, 5.41) is 12.9. The zero-order chi connectivity index (χ0) is 13.5. The zero-order valence-electron chi connectivity index (χ0n) is 10.4. The quantitative estimate of drug-likeness (QED) is 0.821. The summed E-state index contributed by atoms with van der Waals surface area (Å²) >= 11 is 3.37. The second-order valence-corrected chi connectivity index (χ2v) is 5.10. The molecule has 0 bridgehead atoms. The number of hydrogen-bond donors (Lipinski definition) is 2. The van der Waals surface area contributed by atoms with Gasteiger partial charge in [-0.05, 0) is 24.3 Å². The van der Waals surface area contributed by atoms with Crippen molar-refractivity contribution in [3.63, 3.8) is 0 Å². The number of aliphatic hydroxyl groups excluding tert-OH is 1. The van der Waals surface area contributed by atoms with Crippen LogP contribution in [0.25, 0.3) is 0 Å². The topological polar surface area (TPSA) is 54.6 Å². The Bertz CT molecular complexity index is 487. The van der Waals surface area contributed by atoms with Crippen LogP contribution in [0.2, 0.25) is 0 Å². The molecule has 0 saturated heterocycles. The first-order valence-electron chi connectivity index (χ1n) is 6.02. The first-order chi connectivity index (χ1) is 9.24. The summed E-state index contributed by atoms with van der Waals surface area (Å²) in [5.41, 5.74) is 1.06. The van der Waals surface area contributed by atoms with E-state index >= 15 is 0 Å². The van der Waals surface area contributed by atoms with Gasteiger partial charge in [0.1, 0.15) is 18.5 Å². The van der Waals surface area contributed by atoms with Crippen molar-refractivity contribution < 1.29 is 14.3 Å². The molecule has 5 heteroatoms. The molecule has 19 heavy (non-hydrogen) atoms. The summed E-state index contributed by atoms with van der Waals surface area (Å²) in [6.07, 6.45) is 2.76. The lowest BCUT2D eigenvalue weighted by Crippen LogP contribution is -2.31. The van der Waals surface area contributed by atoms with Crippen LogP contribution in [0.5, 0.6) is 5.75 Å². The van der Waals surface area contributed by atoms with Crippen molar-refractivity contribution in [2.45, 2.75) is 12.6 Å². The molecular weight excluding hydrogens is 310 g/mol. The third-order valence-electron chi connectivity index (χ3n) is 2.53. The fourth-order valence-corrected chi connectivity index (χ4v) is 1.96. The van der Waals surface area contributed by atoms with Gasteiger partial charge in [-0.15, -0.1) is 0 Å². The van der Waals surface area contributed by atoms with Crippen LogP contribution < -0.4 is 10.1 Å².